The number of hydrogen-bond donors (Lipinski definition) is 1. The number of anilines is 1. The predicted octanol–water partition coefficient (Wildman–Crippen LogP) is 2.17. The van der Waals surface area contributed by atoms with E-state index in [0.717, 1.165) is 31.9 Å². The molecule has 2 rings (SSSR count). The second-order valence-electron chi connectivity index (χ2n) is 3.76. The molecular weight excluding hydrogens is 190 g/mol. The van der Waals surface area contributed by atoms with Crippen molar-refractivity contribution in [1.82, 2.24) is 0 Å². The summed E-state index contributed by atoms with van der Waals surface area (Å²) >= 11 is 0. The van der Waals surface area contributed by atoms with Crippen LogP contribution in [0.25, 0.3) is 0 Å². The van der Waals surface area contributed by atoms with E-state index in [-0.39, 0.29) is 6.29 Å². The summed E-state index contributed by atoms with van der Waals surface area (Å²) in [6.45, 7) is 4.44. The van der Waals surface area contributed by atoms with Gasteiger partial charge in [0, 0.05) is 18.7 Å². The molecule has 0 amide bonds. The molecule has 3 heteroatoms. The first kappa shape index (κ1) is 10.5. The molecule has 0 unspecified atom stereocenters. The summed E-state index contributed by atoms with van der Waals surface area (Å²) in [5, 5.41) is 3.35. The Labute approximate surface area is 90.4 Å². The quantitative estimate of drug-likeness (QED) is 0.820. The van der Waals surface area contributed by atoms with Crippen molar-refractivity contribution in [1.29, 1.82) is 0 Å². The van der Waals surface area contributed by atoms with E-state index in [9.17, 15) is 0 Å². The molecule has 0 atom stereocenters. The lowest BCUT2D eigenvalue weighted by Gasteiger charge is -2.10. The molecule has 0 saturated carbocycles. The number of ether oxygens (including phenoxy) is 2. The monoisotopic (exact) mass is 207 g/mol. The van der Waals surface area contributed by atoms with E-state index in [0.29, 0.717) is 0 Å². The number of aryl methyl sites for hydroxylation is 1. The number of rotatable bonds is 4. The second kappa shape index (κ2) is 5.14. The van der Waals surface area contributed by atoms with Crippen molar-refractivity contribution in [3.05, 3.63) is 29.8 Å². The van der Waals surface area contributed by atoms with Crippen molar-refractivity contribution < 1.29 is 9.47 Å². The molecule has 1 fully saturated rings. The Kier molecular flexibility index (Phi) is 3.59. The number of benzene rings is 1. The van der Waals surface area contributed by atoms with Gasteiger partial charge in [0.05, 0.1) is 13.2 Å². The first-order valence-corrected chi connectivity index (χ1v) is 5.38. The maximum absolute atomic E-state index is 5.35. The van der Waals surface area contributed by atoms with Gasteiger partial charge in [-0.05, 0) is 24.6 Å². The fourth-order valence-electron chi connectivity index (χ4n) is 1.66. The third-order valence-electron chi connectivity index (χ3n) is 2.42. The molecule has 15 heavy (non-hydrogen) atoms. The molecule has 1 aromatic carbocycles. The maximum Gasteiger partial charge on any atom is 0.159 e. The van der Waals surface area contributed by atoms with Crippen LogP contribution in [0, 0.1) is 6.92 Å². The Morgan fingerprint density at radius 3 is 2.87 bits per heavy atom. The van der Waals surface area contributed by atoms with E-state index in [1.807, 2.05) is 0 Å². The zero-order valence-corrected chi connectivity index (χ0v) is 9.03. The minimum atomic E-state index is -0.0118. The van der Waals surface area contributed by atoms with Crippen LogP contribution in [0.1, 0.15) is 12.0 Å². The Balaban J connectivity index is 1.73. The maximum atomic E-state index is 5.35. The van der Waals surface area contributed by atoms with Gasteiger partial charge in [-0.3, -0.25) is 0 Å². The largest absolute Gasteiger partial charge is 0.385 e. The lowest BCUT2D eigenvalue weighted by Crippen LogP contribution is -2.14. The molecule has 0 bridgehead atoms. The molecule has 1 N–H and O–H groups in total. The van der Waals surface area contributed by atoms with Gasteiger partial charge < -0.3 is 14.8 Å². The Hall–Kier alpha value is -1.06. The van der Waals surface area contributed by atoms with E-state index < -0.39 is 0 Å². The van der Waals surface area contributed by atoms with Crippen molar-refractivity contribution >= 4 is 5.69 Å². The van der Waals surface area contributed by atoms with Crippen molar-refractivity contribution in [2.24, 2.45) is 0 Å². The van der Waals surface area contributed by atoms with Crippen LogP contribution in [0.3, 0.4) is 0 Å². The van der Waals surface area contributed by atoms with Crippen LogP contribution in [0.5, 0.6) is 0 Å². The lowest BCUT2D eigenvalue weighted by molar-refractivity contribution is -0.0439. The molecule has 0 aliphatic carbocycles. The number of hydrogen-bond acceptors (Lipinski definition) is 3. The molecule has 82 valence electrons. The summed E-state index contributed by atoms with van der Waals surface area (Å²) in [6, 6.07) is 8.36. The summed E-state index contributed by atoms with van der Waals surface area (Å²) in [6.07, 6.45) is 0.885. The summed E-state index contributed by atoms with van der Waals surface area (Å²) < 4.78 is 10.7. The zero-order valence-electron chi connectivity index (χ0n) is 9.03. The Morgan fingerprint density at radius 1 is 1.33 bits per heavy atom. The zero-order chi connectivity index (χ0) is 10.5. The fraction of sp³-hybridized carbons (Fsp3) is 0.500. The second-order valence-corrected chi connectivity index (χ2v) is 3.76. The minimum Gasteiger partial charge on any atom is -0.385 e. The molecule has 1 heterocycles. The first-order valence-electron chi connectivity index (χ1n) is 5.38. The molecule has 3 nitrogen and oxygen atoms in total. The number of nitrogens with one attached hydrogen (secondary N) is 1. The van der Waals surface area contributed by atoms with Gasteiger partial charge in [-0.25, -0.2) is 0 Å². The average molecular weight is 207 g/mol. The van der Waals surface area contributed by atoms with Crippen LogP contribution < -0.4 is 5.32 Å². The van der Waals surface area contributed by atoms with Gasteiger partial charge in [0.2, 0.25) is 0 Å². The van der Waals surface area contributed by atoms with Crippen molar-refractivity contribution in [3.63, 3.8) is 0 Å². The smallest absolute Gasteiger partial charge is 0.159 e. The minimum absolute atomic E-state index is 0.0118. The van der Waals surface area contributed by atoms with Gasteiger partial charge in [-0.2, -0.15) is 0 Å². The molecule has 0 radical (unpaired) electrons. The highest BCUT2D eigenvalue weighted by molar-refractivity contribution is 5.45. The van der Waals surface area contributed by atoms with Gasteiger partial charge in [0.15, 0.2) is 6.29 Å². The van der Waals surface area contributed by atoms with Gasteiger partial charge in [-0.15, -0.1) is 0 Å². The van der Waals surface area contributed by atoms with E-state index in [1.165, 1.54) is 5.56 Å². The molecule has 1 aliphatic rings. The summed E-state index contributed by atoms with van der Waals surface area (Å²) in [7, 11) is 0. The topological polar surface area (TPSA) is 30.5 Å². The fourth-order valence-corrected chi connectivity index (χ4v) is 1.66. The van der Waals surface area contributed by atoms with Gasteiger partial charge in [0.25, 0.3) is 0 Å². The van der Waals surface area contributed by atoms with E-state index in [4.69, 9.17) is 9.47 Å². The summed E-state index contributed by atoms with van der Waals surface area (Å²) in [5.41, 5.74) is 2.43. The van der Waals surface area contributed by atoms with Gasteiger partial charge in [0.1, 0.15) is 0 Å². The van der Waals surface area contributed by atoms with Crippen LogP contribution in [0.2, 0.25) is 0 Å². The average Bonchev–Trinajstić information content (AvgIpc) is 2.71. The predicted molar refractivity (Wildman–Crippen MR) is 60.0 cm³/mol. The van der Waals surface area contributed by atoms with E-state index in [1.54, 1.807) is 0 Å². The molecular formula is C12H17NO2. The summed E-state index contributed by atoms with van der Waals surface area (Å²) in [4.78, 5) is 0. The first-order chi connectivity index (χ1) is 7.34. The highest BCUT2D eigenvalue weighted by Crippen LogP contribution is 2.11. The highest BCUT2D eigenvalue weighted by atomic mass is 16.7. The van der Waals surface area contributed by atoms with Crippen LogP contribution in [-0.2, 0) is 9.47 Å². The molecule has 1 aliphatic heterocycles. The SMILES string of the molecule is Cc1cccc(NCCC2OCCO2)c1. The Bertz CT molecular complexity index is 308. The lowest BCUT2D eigenvalue weighted by atomic mass is 10.2. The summed E-state index contributed by atoms with van der Waals surface area (Å²) in [5.74, 6) is 0. The highest BCUT2D eigenvalue weighted by Gasteiger charge is 2.14. The van der Waals surface area contributed by atoms with Crippen LogP contribution in [0.4, 0.5) is 5.69 Å². The molecule has 1 aromatic rings. The van der Waals surface area contributed by atoms with Crippen molar-refractivity contribution in [2.75, 3.05) is 25.1 Å². The molecule has 0 aromatic heterocycles. The van der Waals surface area contributed by atoms with E-state index in [2.05, 4.69) is 36.5 Å². The van der Waals surface area contributed by atoms with Gasteiger partial charge >= 0.3 is 0 Å². The third kappa shape index (κ3) is 3.22. The van der Waals surface area contributed by atoms with Crippen molar-refractivity contribution in [2.45, 2.75) is 19.6 Å². The van der Waals surface area contributed by atoms with Crippen LogP contribution in [0.15, 0.2) is 24.3 Å². The standard InChI is InChI=1S/C12H17NO2/c1-10-3-2-4-11(9-10)13-6-5-12-14-7-8-15-12/h2-4,9,12-13H,5-8H2,1H3. The molecule has 0 spiro atoms. The van der Waals surface area contributed by atoms with Crippen LogP contribution in [-0.4, -0.2) is 26.0 Å². The van der Waals surface area contributed by atoms with Crippen LogP contribution >= 0.6 is 0 Å². The van der Waals surface area contributed by atoms with Crippen molar-refractivity contribution in [3.8, 4) is 0 Å². The molecule has 1 saturated heterocycles. The van der Waals surface area contributed by atoms with Gasteiger partial charge in [-0.1, -0.05) is 12.1 Å². The van der Waals surface area contributed by atoms with E-state index >= 15 is 0 Å². The Morgan fingerprint density at radius 2 is 2.13 bits per heavy atom. The third-order valence-corrected chi connectivity index (χ3v) is 2.42. The normalized spacial score (nSPS) is 16.9.